The number of nitrogens with zero attached hydrogens (tertiary/aromatic N) is 2. The molecule has 0 saturated heterocycles. The molecule has 1 aromatic carbocycles. The highest BCUT2D eigenvalue weighted by atomic mass is 19.2. The number of aryl methyl sites for hydroxylation is 1. The van der Waals surface area contributed by atoms with Crippen LogP contribution >= 0.6 is 0 Å². The number of carbonyl (C=O) groups is 1. The summed E-state index contributed by atoms with van der Waals surface area (Å²) in [7, 11) is 1.72. The molecule has 20 heavy (non-hydrogen) atoms. The zero-order chi connectivity index (χ0) is 14.7. The van der Waals surface area contributed by atoms with Gasteiger partial charge in [0.15, 0.2) is 23.6 Å². The maximum atomic E-state index is 13.0. The lowest BCUT2D eigenvalue weighted by Crippen LogP contribution is -2.30. The van der Waals surface area contributed by atoms with Gasteiger partial charge in [0.25, 0.3) is 5.91 Å². The van der Waals surface area contributed by atoms with E-state index in [4.69, 9.17) is 4.74 Å². The SMILES string of the molecule is C[C@@H](Oc1ccc(F)c(F)c1)C(=O)Nc1ccn(C)n1. The van der Waals surface area contributed by atoms with Crippen LogP contribution in [-0.4, -0.2) is 21.8 Å². The molecule has 2 rings (SSSR count). The van der Waals surface area contributed by atoms with Crippen molar-refractivity contribution in [3.05, 3.63) is 42.1 Å². The summed E-state index contributed by atoms with van der Waals surface area (Å²) in [4.78, 5) is 11.8. The van der Waals surface area contributed by atoms with E-state index in [2.05, 4.69) is 10.4 Å². The molecule has 5 nitrogen and oxygen atoms in total. The molecule has 0 aliphatic heterocycles. The van der Waals surface area contributed by atoms with Crippen LogP contribution in [0.5, 0.6) is 5.75 Å². The number of ether oxygens (including phenoxy) is 1. The van der Waals surface area contributed by atoms with Crippen molar-refractivity contribution in [1.82, 2.24) is 9.78 Å². The molecule has 0 radical (unpaired) electrons. The van der Waals surface area contributed by atoms with E-state index < -0.39 is 23.6 Å². The van der Waals surface area contributed by atoms with Crippen LogP contribution in [0.4, 0.5) is 14.6 Å². The van der Waals surface area contributed by atoms with E-state index in [9.17, 15) is 13.6 Å². The molecule has 1 heterocycles. The Hall–Kier alpha value is -2.44. The highest BCUT2D eigenvalue weighted by molar-refractivity contribution is 5.93. The molecule has 1 amide bonds. The highest BCUT2D eigenvalue weighted by Crippen LogP contribution is 2.17. The molecule has 0 spiro atoms. The number of rotatable bonds is 4. The molecule has 0 bridgehead atoms. The number of hydrogen-bond acceptors (Lipinski definition) is 3. The predicted octanol–water partition coefficient (Wildman–Crippen LogP) is 2.10. The van der Waals surface area contributed by atoms with Crippen molar-refractivity contribution in [2.45, 2.75) is 13.0 Å². The molecule has 1 aromatic heterocycles. The van der Waals surface area contributed by atoms with Gasteiger partial charge in [0.2, 0.25) is 0 Å². The molecular formula is C13H13F2N3O2. The van der Waals surface area contributed by atoms with Crippen LogP contribution in [-0.2, 0) is 11.8 Å². The van der Waals surface area contributed by atoms with E-state index >= 15 is 0 Å². The van der Waals surface area contributed by atoms with E-state index in [1.54, 1.807) is 19.3 Å². The Labute approximate surface area is 114 Å². The molecule has 106 valence electrons. The highest BCUT2D eigenvalue weighted by Gasteiger charge is 2.16. The predicted molar refractivity (Wildman–Crippen MR) is 68.3 cm³/mol. The number of amides is 1. The minimum atomic E-state index is -1.03. The molecule has 0 saturated carbocycles. The average molecular weight is 281 g/mol. The molecule has 2 aromatic rings. The summed E-state index contributed by atoms with van der Waals surface area (Å²) in [5.74, 6) is -1.97. The van der Waals surface area contributed by atoms with Gasteiger partial charge in [-0.3, -0.25) is 9.48 Å². The molecule has 1 atom stereocenters. The molecule has 1 N–H and O–H groups in total. The lowest BCUT2D eigenvalue weighted by atomic mass is 10.3. The van der Waals surface area contributed by atoms with Crippen LogP contribution < -0.4 is 10.1 Å². The quantitative estimate of drug-likeness (QED) is 0.933. The van der Waals surface area contributed by atoms with Crippen molar-refractivity contribution in [1.29, 1.82) is 0 Å². The van der Waals surface area contributed by atoms with Gasteiger partial charge < -0.3 is 10.1 Å². The second kappa shape index (κ2) is 5.68. The monoisotopic (exact) mass is 281 g/mol. The fraction of sp³-hybridized carbons (Fsp3) is 0.231. The Morgan fingerprint density at radius 3 is 2.70 bits per heavy atom. The van der Waals surface area contributed by atoms with Crippen LogP contribution in [0.1, 0.15) is 6.92 Å². The molecule has 0 unspecified atom stereocenters. The first kappa shape index (κ1) is 14.0. The van der Waals surface area contributed by atoms with E-state index in [-0.39, 0.29) is 5.75 Å². The second-order valence-electron chi connectivity index (χ2n) is 4.20. The van der Waals surface area contributed by atoms with Crippen LogP contribution in [0.2, 0.25) is 0 Å². The van der Waals surface area contributed by atoms with Crippen molar-refractivity contribution in [3.8, 4) is 5.75 Å². The molecule has 0 fully saturated rings. The fourth-order valence-corrected chi connectivity index (χ4v) is 1.52. The normalized spacial score (nSPS) is 12.0. The van der Waals surface area contributed by atoms with Gasteiger partial charge >= 0.3 is 0 Å². The third-order valence-corrected chi connectivity index (χ3v) is 2.54. The summed E-state index contributed by atoms with van der Waals surface area (Å²) in [5.41, 5.74) is 0. The van der Waals surface area contributed by atoms with Crippen LogP contribution in [0, 0.1) is 11.6 Å². The number of halogens is 2. The Balaban J connectivity index is 1.98. The Kier molecular flexibility index (Phi) is 3.97. The molecule has 0 aliphatic carbocycles. The first-order valence-corrected chi connectivity index (χ1v) is 5.88. The van der Waals surface area contributed by atoms with Gasteiger partial charge in [-0.15, -0.1) is 0 Å². The largest absolute Gasteiger partial charge is 0.481 e. The summed E-state index contributed by atoms with van der Waals surface area (Å²) in [6, 6.07) is 4.71. The van der Waals surface area contributed by atoms with E-state index in [1.165, 1.54) is 17.7 Å². The summed E-state index contributed by atoms with van der Waals surface area (Å²) >= 11 is 0. The standard InChI is InChI=1S/C13H13F2N3O2/c1-8(13(19)16-12-5-6-18(2)17-12)20-9-3-4-10(14)11(15)7-9/h3-8H,1-2H3,(H,16,17,19)/t8-/m1/s1. The van der Waals surface area contributed by atoms with Gasteiger partial charge in [-0.1, -0.05) is 0 Å². The second-order valence-corrected chi connectivity index (χ2v) is 4.20. The Morgan fingerprint density at radius 2 is 2.10 bits per heavy atom. The number of anilines is 1. The van der Waals surface area contributed by atoms with Crippen molar-refractivity contribution >= 4 is 11.7 Å². The van der Waals surface area contributed by atoms with E-state index in [0.29, 0.717) is 5.82 Å². The van der Waals surface area contributed by atoms with E-state index in [0.717, 1.165) is 12.1 Å². The van der Waals surface area contributed by atoms with Gasteiger partial charge in [-0.05, 0) is 19.1 Å². The lowest BCUT2D eigenvalue weighted by molar-refractivity contribution is -0.122. The van der Waals surface area contributed by atoms with Crippen LogP contribution in [0.3, 0.4) is 0 Å². The van der Waals surface area contributed by atoms with Gasteiger partial charge in [0.1, 0.15) is 5.75 Å². The number of nitrogens with one attached hydrogen (secondary N) is 1. The number of benzene rings is 1. The minimum absolute atomic E-state index is 0.0765. The number of carbonyl (C=O) groups excluding carboxylic acids is 1. The summed E-state index contributed by atoms with van der Waals surface area (Å²) in [5, 5.41) is 6.53. The fourth-order valence-electron chi connectivity index (χ4n) is 1.52. The summed E-state index contributed by atoms with van der Waals surface area (Å²) in [6.45, 7) is 1.50. The summed E-state index contributed by atoms with van der Waals surface area (Å²) in [6.07, 6.45) is 0.804. The third kappa shape index (κ3) is 3.31. The molecular weight excluding hydrogens is 268 g/mol. The Bertz CT molecular complexity index is 628. The van der Waals surface area contributed by atoms with Crippen molar-refractivity contribution in [2.24, 2.45) is 7.05 Å². The number of aromatic nitrogens is 2. The zero-order valence-electron chi connectivity index (χ0n) is 10.9. The van der Waals surface area contributed by atoms with Gasteiger partial charge in [-0.25, -0.2) is 8.78 Å². The van der Waals surface area contributed by atoms with Crippen LogP contribution in [0.15, 0.2) is 30.5 Å². The maximum absolute atomic E-state index is 13.0. The maximum Gasteiger partial charge on any atom is 0.266 e. The third-order valence-electron chi connectivity index (χ3n) is 2.54. The van der Waals surface area contributed by atoms with Crippen molar-refractivity contribution in [3.63, 3.8) is 0 Å². The topological polar surface area (TPSA) is 56.1 Å². The first-order chi connectivity index (χ1) is 9.45. The lowest BCUT2D eigenvalue weighted by Gasteiger charge is -2.13. The molecule has 7 heteroatoms. The number of hydrogen-bond donors (Lipinski definition) is 1. The zero-order valence-corrected chi connectivity index (χ0v) is 10.9. The smallest absolute Gasteiger partial charge is 0.266 e. The van der Waals surface area contributed by atoms with Gasteiger partial charge in [0.05, 0.1) is 0 Å². The van der Waals surface area contributed by atoms with Gasteiger partial charge in [0, 0.05) is 25.4 Å². The molecule has 0 aliphatic rings. The summed E-state index contributed by atoms with van der Waals surface area (Å²) < 4.78 is 32.6. The Morgan fingerprint density at radius 1 is 1.35 bits per heavy atom. The first-order valence-electron chi connectivity index (χ1n) is 5.88. The minimum Gasteiger partial charge on any atom is -0.481 e. The average Bonchev–Trinajstić information content (AvgIpc) is 2.79. The van der Waals surface area contributed by atoms with E-state index in [1.807, 2.05) is 0 Å². The van der Waals surface area contributed by atoms with Crippen molar-refractivity contribution < 1.29 is 18.3 Å². The van der Waals surface area contributed by atoms with Crippen molar-refractivity contribution in [2.75, 3.05) is 5.32 Å². The van der Waals surface area contributed by atoms with Crippen LogP contribution in [0.25, 0.3) is 0 Å². The van der Waals surface area contributed by atoms with Gasteiger partial charge in [-0.2, -0.15) is 5.10 Å².